The molecule has 0 aliphatic carbocycles. The van der Waals surface area contributed by atoms with E-state index in [1.165, 1.54) is 11.8 Å². The Hall–Kier alpha value is -1.14. The average Bonchev–Trinajstić information content (AvgIpc) is 2.26. The van der Waals surface area contributed by atoms with Crippen LogP contribution in [0.4, 0.5) is 0 Å². The van der Waals surface area contributed by atoms with Crippen LogP contribution in [0, 0.1) is 20.8 Å². The summed E-state index contributed by atoms with van der Waals surface area (Å²) in [6.45, 7) is 5.91. The molecule has 0 aliphatic heterocycles. The van der Waals surface area contributed by atoms with Crippen LogP contribution in [-0.2, 0) is 4.79 Å². The number of primary amides is 1. The number of likely N-dealkylation sites (N-methyl/N-ethyl adjacent to an activating group) is 1. The van der Waals surface area contributed by atoms with Crippen molar-refractivity contribution in [3.8, 4) is 0 Å². The van der Waals surface area contributed by atoms with Gasteiger partial charge < -0.3 is 11.1 Å². The number of amides is 1. The fraction of sp³-hybridized carbons (Fsp3) is 0.545. The highest BCUT2D eigenvalue weighted by molar-refractivity contribution is 7.99. The van der Waals surface area contributed by atoms with Crippen molar-refractivity contribution >= 4 is 17.7 Å². The fourth-order valence-electron chi connectivity index (χ4n) is 1.27. The maximum absolute atomic E-state index is 11.0. The molecule has 0 spiro atoms. The molecule has 0 saturated heterocycles. The molecule has 1 unspecified atom stereocenters. The first-order chi connectivity index (χ1) is 7.95. The summed E-state index contributed by atoms with van der Waals surface area (Å²) in [5, 5.41) is 3.55. The zero-order valence-corrected chi connectivity index (χ0v) is 11.4. The summed E-state index contributed by atoms with van der Waals surface area (Å²) >= 11 is 1.43. The molecule has 3 N–H and O–H groups in total. The van der Waals surface area contributed by atoms with Gasteiger partial charge in [-0.05, 0) is 33.4 Å². The quantitative estimate of drug-likeness (QED) is 0.593. The van der Waals surface area contributed by atoms with Crippen LogP contribution < -0.4 is 11.1 Å². The summed E-state index contributed by atoms with van der Waals surface area (Å²) < 4.78 is 0. The summed E-state index contributed by atoms with van der Waals surface area (Å²) in [6, 6.07) is -0.356. The molecule has 0 saturated carbocycles. The lowest BCUT2D eigenvalue weighted by molar-refractivity contribution is -0.119. The van der Waals surface area contributed by atoms with Gasteiger partial charge in [0.25, 0.3) is 0 Å². The number of hydrogen-bond acceptors (Lipinski definition) is 5. The van der Waals surface area contributed by atoms with Gasteiger partial charge in [-0.25, -0.2) is 9.97 Å². The molecule has 0 aromatic carbocycles. The number of hydrogen-bond donors (Lipinski definition) is 2. The van der Waals surface area contributed by atoms with Crippen LogP contribution in [0.3, 0.4) is 0 Å². The number of thioether (sulfide) groups is 1. The summed E-state index contributed by atoms with van der Waals surface area (Å²) in [4.78, 5) is 19.8. The van der Waals surface area contributed by atoms with Gasteiger partial charge in [0.1, 0.15) is 0 Å². The molecule has 0 fully saturated rings. The highest BCUT2D eigenvalue weighted by Crippen LogP contribution is 2.17. The zero-order valence-electron chi connectivity index (χ0n) is 10.6. The first kappa shape index (κ1) is 13.9. The van der Waals surface area contributed by atoms with E-state index in [9.17, 15) is 4.79 Å². The predicted octanol–water partition coefficient (Wildman–Crippen LogP) is 0.567. The summed E-state index contributed by atoms with van der Waals surface area (Å²) in [7, 11) is 1.71. The second-order valence-electron chi connectivity index (χ2n) is 3.86. The Morgan fingerprint density at radius 3 is 2.29 bits per heavy atom. The maximum atomic E-state index is 11.0. The molecule has 17 heavy (non-hydrogen) atoms. The number of nitrogens with two attached hydrogens (primary N) is 1. The molecular formula is C11H18N4OS. The van der Waals surface area contributed by atoms with Crippen molar-refractivity contribution in [1.82, 2.24) is 15.3 Å². The minimum atomic E-state index is -0.361. The van der Waals surface area contributed by atoms with Gasteiger partial charge in [0.15, 0.2) is 5.16 Å². The van der Waals surface area contributed by atoms with Crippen molar-refractivity contribution in [2.24, 2.45) is 5.73 Å². The first-order valence-corrected chi connectivity index (χ1v) is 6.35. The van der Waals surface area contributed by atoms with Crippen LogP contribution in [0.25, 0.3) is 0 Å². The normalized spacial score (nSPS) is 12.5. The molecule has 1 atom stereocenters. The van der Waals surface area contributed by atoms with Gasteiger partial charge in [0.05, 0.1) is 6.04 Å². The van der Waals surface area contributed by atoms with Gasteiger partial charge in [-0.15, -0.1) is 0 Å². The van der Waals surface area contributed by atoms with Crippen LogP contribution >= 0.6 is 11.8 Å². The van der Waals surface area contributed by atoms with E-state index in [2.05, 4.69) is 15.3 Å². The predicted molar refractivity (Wildman–Crippen MR) is 69.0 cm³/mol. The molecule has 1 heterocycles. The molecule has 1 aromatic heterocycles. The minimum Gasteiger partial charge on any atom is -0.368 e. The Labute approximate surface area is 106 Å². The van der Waals surface area contributed by atoms with Crippen molar-refractivity contribution in [3.63, 3.8) is 0 Å². The molecule has 6 heteroatoms. The van der Waals surface area contributed by atoms with Gasteiger partial charge >= 0.3 is 0 Å². The number of aryl methyl sites for hydroxylation is 2. The summed E-state index contributed by atoms with van der Waals surface area (Å²) in [6.07, 6.45) is 0. The highest BCUT2D eigenvalue weighted by atomic mass is 32.2. The third-order valence-corrected chi connectivity index (χ3v) is 3.62. The molecule has 0 bridgehead atoms. The lowest BCUT2D eigenvalue weighted by Gasteiger charge is -2.11. The number of rotatable bonds is 5. The number of nitrogens with zero attached hydrogens (tertiary/aromatic N) is 2. The van der Waals surface area contributed by atoms with Crippen LogP contribution in [-0.4, -0.2) is 34.7 Å². The van der Waals surface area contributed by atoms with Crippen LogP contribution in [0.1, 0.15) is 17.0 Å². The molecule has 0 aliphatic rings. The largest absolute Gasteiger partial charge is 0.368 e. The second kappa shape index (κ2) is 5.97. The molecule has 1 aromatic rings. The third-order valence-electron chi connectivity index (χ3n) is 2.68. The van der Waals surface area contributed by atoms with Crippen molar-refractivity contribution in [3.05, 3.63) is 17.0 Å². The Balaban J connectivity index is 2.73. The van der Waals surface area contributed by atoms with Crippen LogP contribution in [0.15, 0.2) is 5.16 Å². The molecular weight excluding hydrogens is 236 g/mol. The Morgan fingerprint density at radius 1 is 1.35 bits per heavy atom. The number of carbonyl (C=O) groups excluding carboxylic acids is 1. The number of aromatic nitrogens is 2. The SMILES string of the molecule is CNC(CSc1nc(C)c(C)c(C)n1)C(N)=O. The molecule has 94 valence electrons. The van der Waals surface area contributed by atoms with E-state index in [1.807, 2.05) is 20.8 Å². The Morgan fingerprint density at radius 2 is 1.88 bits per heavy atom. The third kappa shape index (κ3) is 3.67. The van der Waals surface area contributed by atoms with E-state index in [0.717, 1.165) is 17.0 Å². The maximum Gasteiger partial charge on any atom is 0.235 e. The molecule has 5 nitrogen and oxygen atoms in total. The van der Waals surface area contributed by atoms with E-state index >= 15 is 0 Å². The molecule has 1 rings (SSSR count). The Bertz CT molecular complexity index is 399. The van der Waals surface area contributed by atoms with Crippen molar-refractivity contribution in [1.29, 1.82) is 0 Å². The number of carbonyl (C=O) groups is 1. The van der Waals surface area contributed by atoms with Gasteiger partial charge in [-0.2, -0.15) is 0 Å². The van der Waals surface area contributed by atoms with Crippen LogP contribution in [0.5, 0.6) is 0 Å². The van der Waals surface area contributed by atoms with E-state index in [0.29, 0.717) is 10.9 Å². The topological polar surface area (TPSA) is 80.9 Å². The smallest absolute Gasteiger partial charge is 0.235 e. The lowest BCUT2D eigenvalue weighted by atomic mass is 10.2. The van der Waals surface area contributed by atoms with Gasteiger partial charge in [-0.1, -0.05) is 11.8 Å². The fourth-order valence-corrected chi connectivity index (χ4v) is 2.32. The second-order valence-corrected chi connectivity index (χ2v) is 4.84. The molecule has 0 radical (unpaired) electrons. The van der Waals surface area contributed by atoms with Crippen molar-refractivity contribution < 1.29 is 4.79 Å². The van der Waals surface area contributed by atoms with Gasteiger partial charge in [-0.3, -0.25) is 4.79 Å². The van der Waals surface area contributed by atoms with E-state index < -0.39 is 0 Å². The van der Waals surface area contributed by atoms with Gasteiger partial charge in [0, 0.05) is 17.1 Å². The zero-order chi connectivity index (χ0) is 13.0. The van der Waals surface area contributed by atoms with Crippen molar-refractivity contribution in [2.75, 3.05) is 12.8 Å². The van der Waals surface area contributed by atoms with Crippen molar-refractivity contribution in [2.45, 2.75) is 32.0 Å². The summed E-state index contributed by atoms with van der Waals surface area (Å²) in [5.41, 5.74) is 8.29. The highest BCUT2D eigenvalue weighted by Gasteiger charge is 2.14. The molecule has 1 amide bonds. The Kier molecular flexibility index (Phi) is 4.89. The lowest BCUT2D eigenvalue weighted by Crippen LogP contribution is -2.41. The first-order valence-electron chi connectivity index (χ1n) is 5.37. The van der Waals surface area contributed by atoms with E-state index in [-0.39, 0.29) is 11.9 Å². The standard InChI is InChI=1S/C11H18N4OS/c1-6-7(2)14-11(15-8(6)3)17-5-9(13-4)10(12)16/h9,13H,5H2,1-4H3,(H2,12,16). The average molecular weight is 254 g/mol. The van der Waals surface area contributed by atoms with E-state index in [1.54, 1.807) is 7.05 Å². The minimum absolute atomic E-state index is 0.356. The monoisotopic (exact) mass is 254 g/mol. The summed E-state index contributed by atoms with van der Waals surface area (Å²) in [5.74, 6) is 0.175. The number of nitrogens with one attached hydrogen (secondary N) is 1. The van der Waals surface area contributed by atoms with Crippen LogP contribution in [0.2, 0.25) is 0 Å². The van der Waals surface area contributed by atoms with Gasteiger partial charge in [0.2, 0.25) is 5.91 Å². The van der Waals surface area contributed by atoms with E-state index in [4.69, 9.17) is 5.73 Å².